The molecule has 82 valence electrons. The molecule has 2 unspecified atom stereocenters. The zero-order valence-corrected chi connectivity index (χ0v) is 9.24. The Balaban J connectivity index is 1.90. The van der Waals surface area contributed by atoms with E-state index in [0.29, 0.717) is 12.0 Å². The SMILES string of the molecule is CC1CCCc2nc(C3CCNC3)nn21. The highest BCUT2D eigenvalue weighted by atomic mass is 15.4. The Bertz CT molecular complexity index is 351. The fraction of sp³-hybridized carbons (Fsp3) is 0.818. The number of nitrogens with one attached hydrogen (secondary N) is 1. The van der Waals surface area contributed by atoms with Crippen LogP contribution in [-0.4, -0.2) is 27.9 Å². The van der Waals surface area contributed by atoms with E-state index in [9.17, 15) is 0 Å². The minimum atomic E-state index is 0.546. The Kier molecular flexibility index (Phi) is 2.24. The normalized spacial score (nSPS) is 30.5. The maximum atomic E-state index is 4.70. The summed E-state index contributed by atoms with van der Waals surface area (Å²) in [7, 11) is 0. The highest BCUT2D eigenvalue weighted by molar-refractivity contribution is 5.05. The zero-order chi connectivity index (χ0) is 10.3. The molecule has 0 amide bonds. The quantitative estimate of drug-likeness (QED) is 0.752. The van der Waals surface area contributed by atoms with Gasteiger partial charge >= 0.3 is 0 Å². The molecule has 0 aromatic carbocycles. The van der Waals surface area contributed by atoms with Crippen molar-refractivity contribution in [1.82, 2.24) is 20.1 Å². The molecule has 1 aromatic heterocycles. The molecule has 15 heavy (non-hydrogen) atoms. The van der Waals surface area contributed by atoms with E-state index < -0.39 is 0 Å². The summed E-state index contributed by atoms with van der Waals surface area (Å²) in [6.45, 7) is 4.41. The van der Waals surface area contributed by atoms with Crippen LogP contribution in [-0.2, 0) is 6.42 Å². The van der Waals surface area contributed by atoms with Crippen LogP contribution in [0.1, 0.15) is 49.8 Å². The Morgan fingerprint density at radius 3 is 3.07 bits per heavy atom. The van der Waals surface area contributed by atoms with Crippen molar-refractivity contribution in [3.05, 3.63) is 11.6 Å². The van der Waals surface area contributed by atoms with E-state index in [-0.39, 0.29) is 0 Å². The molecule has 3 rings (SSSR count). The van der Waals surface area contributed by atoms with Crippen molar-refractivity contribution in [1.29, 1.82) is 0 Å². The molecule has 0 radical (unpaired) electrons. The van der Waals surface area contributed by atoms with Crippen molar-refractivity contribution in [2.45, 2.75) is 44.6 Å². The Morgan fingerprint density at radius 2 is 2.33 bits per heavy atom. The van der Waals surface area contributed by atoms with Crippen molar-refractivity contribution in [3.63, 3.8) is 0 Å². The third-order valence-corrected chi connectivity index (χ3v) is 3.58. The van der Waals surface area contributed by atoms with E-state index in [0.717, 1.165) is 25.3 Å². The first-order valence-electron chi connectivity index (χ1n) is 6.00. The van der Waals surface area contributed by atoms with Crippen molar-refractivity contribution in [3.8, 4) is 0 Å². The lowest BCUT2D eigenvalue weighted by molar-refractivity contribution is 0.386. The van der Waals surface area contributed by atoms with Gasteiger partial charge in [0, 0.05) is 18.9 Å². The predicted octanol–water partition coefficient (Wildman–Crippen LogP) is 1.25. The lowest BCUT2D eigenvalue weighted by Gasteiger charge is -2.18. The average molecular weight is 206 g/mol. The molecule has 1 N–H and O–H groups in total. The van der Waals surface area contributed by atoms with Crippen molar-refractivity contribution >= 4 is 0 Å². The van der Waals surface area contributed by atoms with Gasteiger partial charge < -0.3 is 5.32 Å². The van der Waals surface area contributed by atoms with E-state index in [1.54, 1.807) is 0 Å². The summed E-state index contributed by atoms with van der Waals surface area (Å²) >= 11 is 0. The Labute approximate surface area is 90.1 Å². The van der Waals surface area contributed by atoms with Crippen LogP contribution in [0, 0.1) is 0 Å². The van der Waals surface area contributed by atoms with Crippen LogP contribution in [0.15, 0.2) is 0 Å². The largest absolute Gasteiger partial charge is 0.316 e. The van der Waals surface area contributed by atoms with Crippen LogP contribution < -0.4 is 5.32 Å². The van der Waals surface area contributed by atoms with Crippen LogP contribution in [0.4, 0.5) is 0 Å². The predicted molar refractivity (Wildman–Crippen MR) is 57.9 cm³/mol. The first-order valence-corrected chi connectivity index (χ1v) is 6.00. The number of hydrogen-bond donors (Lipinski definition) is 1. The van der Waals surface area contributed by atoms with E-state index >= 15 is 0 Å². The molecule has 4 heteroatoms. The van der Waals surface area contributed by atoms with Gasteiger partial charge in [-0.05, 0) is 32.7 Å². The topological polar surface area (TPSA) is 42.7 Å². The van der Waals surface area contributed by atoms with Gasteiger partial charge in [0.05, 0.1) is 6.04 Å². The maximum absolute atomic E-state index is 4.70. The minimum absolute atomic E-state index is 0.546. The first-order chi connectivity index (χ1) is 7.34. The van der Waals surface area contributed by atoms with Crippen molar-refractivity contribution in [2.24, 2.45) is 0 Å². The smallest absolute Gasteiger partial charge is 0.155 e. The third-order valence-electron chi connectivity index (χ3n) is 3.58. The lowest BCUT2D eigenvalue weighted by Crippen LogP contribution is -2.16. The molecule has 1 fully saturated rings. The molecule has 4 nitrogen and oxygen atoms in total. The van der Waals surface area contributed by atoms with Gasteiger partial charge in [-0.25, -0.2) is 9.67 Å². The van der Waals surface area contributed by atoms with Crippen LogP contribution in [0.3, 0.4) is 0 Å². The highest BCUT2D eigenvalue weighted by Crippen LogP contribution is 2.26. The van der Waals surface area contributed by atoms with E-state index in [4.69, 9.17) is 4.98 Å². The number of rotatable bonds is 1. The number of hydrogen-bond acceptors (Lipinski definition) is 3. The minimum Gasteiger partial charge on any atom is -0.316 e. The van der Waals surface area contributed by atoms with Crippen LogP contribution in [0.2, 0.25) is 0 Å². The van der Waals surface area contributed by atoms with Gasteiger partial charge in [0.1, 0.15) is 5.82 Å². The molecule has 1 aromatic rings. The van der Waals surface area contributed by atoms with Gasteiger partial charge in [0.15, 0.2) is 5.82 Å². The van der Waals surface area contributed by atoms with Crippen LogP contribution in [0.5, 0.6) is 0 Å². The van der Waals surface area contributed by atoms with Gasteiger partial charge in [0.2, 0.25) is 0 Å². The third kappa shape index (κ3) is 1.57. The lowest BCUT2D eigenvalue weighted by atomic mass is 10.1. The summed E-state index contributed by atoms with van der Waals surface area (Å²) in [6.07, 6.45) is 4.82. The van der Waals surface area contributed by atoms with Crippen LogP contribution in [0.25, 0.3) is 0 Å². The summed E-state index contributed by atoms with van der Waals surface area (Å²) in [4.78, 5) is 4.70. The average Bonchev–Trinajstić information content (AvgIpc) is 2.86. The fourth-order valence-electron chi connectivity index (χ4n) is 2.62. The van der Waals surface area contributed by atoms with E-state index in [1.807, 2.05) is 0 Å². The van der Waals surface area contributed by atoms with Gasteiger partial charge in [-0.1, -0.05) is 0 Å². The van der Waals surface area contributed by atoms with E-state index in [1.165, 1.54) is 25.1 Å². The summed E-state index contributed by atoms with van der Waals surface area (Å²) in [6, 6.07) is 0.546. The molecular formula is C11H18N4. The Hall–Kier alpha value is -0.900. The molecule has 1 saturated heterocycles. The summed E-state index contributed by atoms with van der Waals surface area (Å²) in [5.41, 5.74) is 0. The molecule has 0 bridgehead atoms. The molecule has 2 aliphatic rings. The standard InChI is InChI=1S/C11H18N4/c1-8-3-2-4-10-13-11(14-15(8)10)9-5-6-12-7-9/h8-9,12H,2-7H2,1H3. The van der Waals surface area contributed by atoms with E-state index in [2.05, 4.69) is 22.0 Å². The molecule has 2 aliphatic heterocycles. The number of nitrogens with zero attached hydrogens (tertiary/aromatic N) is 3. The summed E-state index contributed by atoms with van der Waals surface area (Å²) in [5.74, 6) is 2.83. The number of aromatic nitrogens is 3. The zero-order valence-electron chi connectivity index (χ0n) is 9.24. The van der Waals surface area contributed by atoms with Crippen LogP contribution >= 0.6 is 0 Å². The van der Waals surface area contributed by atoms with Gasteiger partial charge in [-0.15, -0.1) is 0 Å². The van der Waals surface area contributed by atoms with Crippen molar-refractivity contribution < 1.29 is 0 Å². The van der Waals surface area contributed by atoms with Gasteiger partial charge in [-0.2, -0.15) is 5.10 Å². The summed E-state index contributed by atoms with van der Waals surface area (Å²) < 4.78 is 2.15. The van der Waals surface area contributed by atoms with Gasteiger partial charge in [-0.3, -0.25) is 0 Å². The highest BCUT2D eigenvalue weighted by Gasteiger charge is 2.25. The Morgan fingerprint density at radius 1 is 1.40 bits per heavy atom. The van der Waals surface area contributed by atoms with Crippen molar-refractivity contribution in [2.75, 3.05) is 13.1 Å². The molecule has 0 aliphatic carbocycles. The molecule has 0 saturated carbocycles. The second-order valence-corrected chi connectivity index (χ2v) is 4.76. The first kappa shape index (κ1) is 9.33. The molecule has 2 atom stereocenters. The molecular weight excluding hydrogens is 188 g/mol. The molecule has 0 spiro atoms. The summed E-state index contributed by atoms with van der Waals surface area (Å²) in [5, 5.41) is 8.05. The van der Waals surface area contributed by atoms with Gasteiger partial charge in [0.25, 0.3) is 0 Å². The number of aryl methyl sites for hydroxylation is 1. The monoisotopic (exact) mass is 206 g/mol. The number of fused-ring (bicyclic) bond motifs is 1. The fourth-order valence-corrected chi connectivity index (χ4v) is 2.62. The maximum Gasteiger partial charge on any atom is 0.155 e. The molecule has 3 heterocycles. The second kappa shape index (κ2) is 3.59. The second-order valence-electron chi connectivity index (χ2n) is 4.76.